The van der Waals surface area contributed by atoms with Crippen LogP contribution in [0, 0.1) is 12.8 Å². The Balaban J connectivity index is 1.78. The van der Waals surface area contributed by atoms with E-state index in [1.807, 2.05) is 20.0 Å². The van der Waals surface area contributed by atoms with E-state index >= 15 is 0 Å². The van der Waals surface area contributed by atoms with Crippen LogP contribution >= 0.6 is 22.7 Å². The first kappa shape index (κ1) is 15.1. The van der Waals surface area contributed by atoms with E-state index in [-0.39, 0.29) is 5.91 Å². The number of amides is 1. The zero-order chi connectivity index (χ0) is 15.9. The highest BCUT2D eigenvalue weighted by Gasteiger charge is 2.16. The van der Waals surface area contributed by atoms with Crippen molar-refractivity contribution >= 4 is 43.9 Å². The maximum atomic E-state index is 12.3. The standard InChI is InChI=1S/C14H17N5OS2/c1-7(2)5-11-16-17-14(22-11)15-12(20)10-6-9-8(3)18-19(4)13(9)21-10/h6-7H,5H2,1-4H3,(H,15,17,20). The quantitative estimate of drug-likeness (QED) is 0.794. The fourth-order valence-corrected chi connectivity index (χ4v) is 4.18. The molecule has 0 atom stereocenters. The van der Waals surface area contributed by atoms with Gasteiger partial charge in [-0.15, -0.1) is 21.5 Å². The fraction of sp³-hybridized carbons (Fsp3) is 0.429. The number of hydrogen-bond donors (Lipinski definition) is 1. The van der Waals surface area contributed by atoms with Crippen LogP contribution in [0.4, 0.5) is 5.13 Å². The number of carbonyl (C=O) groups is 1. The van der Waals surface area contributed by atoms with Gasteiger partial charge in [0.1, 0.15) is 9.84 Å². The molecule has 0 saturated carbocycles. The number of aromatic nitrogens is 4. The molecule has 3 heterocycles. The average Bonchev–Trinajstić information content (AvgIpc) is 3.09. The van der Waals surface area contributed by atoms with Crippen molar-refractivity contribution in [2.45, 2.75) is 27.2 Å². The lowest BCUT2D eigenvalue weighted by Crippen LogP contribution is -2.09. The van der Waals surface area contributed by atoms with Crippen LogP contribution in [-0.2, 0) is 13.5 Å². The number of rotatable bonds is 4. The molecule has 0 aliphatic carbocycles. The van der Waals surface area contributed by atoms with Crippen LogP contribution in [-0.4, -0.2) is 25.9 Å². The second-order valence-corrected chi connectivity index (χ2v) is 7.68. The fourth-order valence-electron chi connectivity index (χ4n) is 2.21. The normalized spacial score (nSPS) is 11.5. The summed E-state index contributed by atoms with van der Waals surface area (Å²) >= 11 is 2.87. The van der Waals surface area contributed by atoms with E-state index < -0.39 is 0 Å². The molecule has 0 aromatic carbocycles. The van der Waals surface area contributed by atoms with Gasteiger partial charge in [-0.25, -0.2) is 0 Å². The number of carbonyl (C=O) groups excluding carboxylic acids is 1. The van der Waals surface area contributed by atoms with E-state index in [4.69, 9.17) is 0 Å². The number of nitrogens with one attached hydrogen (secondary N) is 1. The number of anilines is 1. The van der Waals surface area contributed by atoms with Gasteiger partial charge in [0.2, 0.25) is 5.13 Å². The lowest BCUT2D eigenvalue weighted by atomic mass is 10.1. The van der Waals surface area contributed by atoms with Crippen molar-refractivity contribution in [3.8, 4) is 0 Å². The van der Waals surface area contributed by atoms with Crippen LogP contribution < -0.4 is 5.32 Å². The van der Waals surface area contributed by atoms with Crippen LogP contribution in [0.1, 0.15) is 34.2 Å². The van der Waals surface area contributed by atoms with Crippen molar-refractivity contribution < 1.29 is 4.79 Å². The molecule has 0 aliphatic heterocycles. The Labute approximate surface area is 136 Å². The summed E-state index contributed by atoms with van der Waals surface area (Å²) in [6.07, 6.45) is 0.876. The zero-order valence-corrected chi connectivity index (χ0v) is 14.5. The summed E-state index contributed by atoms with van der Waals surface area (Å²) in [4.78, 5) is 14.0. The molecule has 8 heteroatoms. The Morgan fingerprint density at radius 3 is 2.82 bits per heavy atom. The molecule has 3 rings (SSSR count). The molecule has 1 N–H and O–H groups in total. The van der Waals surface area contributed by atoms with Gasteiger partial charge in [-0.2, -0.15) is 5.10 Å². The van der Waals surface area contributed by atoms with Gasteiger partial charge in [0.15, 0.2) is 0 Å². The second-order valence-electron chi connectivity index (χ2n) is 5.59. The minimum absolute atomic E-state index is 0.146. The predicted octanol–water partition coefficient (Wildman–Crippen LogP) is 3.25. The monoisotopic (exact) mass is 335 g/mol. The maximum absolute atomic E-state index is 12.3. The molecule has 22 heavy (non-hydrogen) atoms. The van der Waals surface area contributed by atoms with E-state index in [1.54, 1.807) is 4.68 Å². The molecule has 3 aromatic rings. The van der Waals surface area contributed by atoms with Crippen LogP contribution in [0.25, 0.3) is 10.2 Å². The second kappa shape index (κ2) is 5.77. The Morgan fingerprint density at radius 2 is 2.14 bits per heavy atom. The van der Waals surface area contributed by atoms with Crippen molar-refractivity contribution in [1.29, 1.82) is 0 Å². The Hall–Kier alpha value is -1.80. The topological polar surface area (TPSA) is 72.7 Å². The zero-order valence-electron chi connectivity index (χ0n) is 12.9. The maximum Gasteiger partial charge on any atom is 0.267 e. The molecule has 0 radical (unpaired) electrons. The van der Waals surface area contributed by atoms with Gasteiger partial charge in [-0.1, -0.05) is 25.2 Å². The summed E-state index contributed by atoms with van der Waals surface area (Å²) < 4.78 is 1.80. The van der Waals surface area contributed by atoms with Crippen molar-refractivity contribution in [2.24, 2.45) is 13.0 Å². The van der Waals surface area contributed by atoms with Crippen LogP contribution in [0.5, 0.6) is 0 Å². The van der Waals surface area contributed by atoms with Gasteiger partial charge in [-0.3, -0.25) is 14.8 Å². The molecule has 0 saturated heterocycles. The molecule has 116 valence electrons. The third kappa shape index (κ3) is 2.89. The molecule has 3 aromatic heterocycles. The van der Waals surface area contributed by atoms with E-state index in [0.29, 0.717) is 15.9 Å². The van der Waals surface area contributed by atoms with E-state index in [0.717, 1.165) is 27.3 Å². The highest BCUT2D eigenvalue weighted by molar-refractivity contribution is 7.20. The number of fused-ring (bicyclic) bond motifs is 1. The Morgan fingerprint density at radius 1 is 1.36 bits per heavy atom. The molecule has 0 bridgehead atoms. The number of thiophene rings is 1. The molecule has 0 aliphatic rings. The molecular weight excluding hydrogens is 318 g/mol. The summed E-state index contributed by atoms with van der Waals surface area (Å²) in [7, 11) is 1.89. The first-order valence-electron chi connectivity index (χ1n) is 7.01. The minimum atomic E-state index is -0.146. The number of hydrogen-bond acceptors (Lipinski definition) is 6. The van der Waals surface area contributed by atoms with E-state index in [2.05, 4.69) is 34.5 Å². The smallest absolute Gasteiger partial charge is 0.267 e. The lowest BCUT2D eigenvalue weighted by Gasteiger charge is -1.98. The molecule has 1 amide bonds. The summed E-state index contributed by atoms with van der Waals surface area (Å²) in [5, 5.41) is 17.8. The van der Waals surface area contributed by atoms with Gasteiger partial charge in [0.05, 0.1) is 10.6 Å². The predicted molar refractivity (Wildman–Crippen MR) is 89.7 cm³/mol. The molecule has 0 fully saturated rings. The average molecular weight is 335 g/mol. The Bertz CT molecular complexity index is 795. The van der Waals surface area contributed by atoms with Gasteiger partial charge >= 0.3 is 0 Å². The highest BCUT2D eigenvalue weighted by Crippen LogP contribution is 2.28. The third-order valence-corrected chi connectivity index (χ3v) is 5.25. The molecular formula is C14H17N5OS2. The molecule has 6 nitrogen and oxygen atoms in total. The van der Waals surface area contributed by atoms with Crippen molar-refractivity contribution in [2.75, 3.05) is 5.32 Å². The summed E-state index contributed by atoms with van der Waals surface area (Å²) in [5.74, 6) is 0.377. The van der Waals surface area contributed by atoms with Gasteiger partial charge < -0.3 is 0 Å². The molecule has 0 unspecified atom stereocenters. The summed E-state index contributed by atoms with van der Waals surface area (Å²) in [6, 6.07) is 1.88. The number of aryl methyl sites for hydroxylation is 2. The van der Waals surface area contributed by atoms with Gasteiger partial charge in [-0.05, 0) is 18.9 Å². The van der Waals surface area contributed by atoms with Gasteiger partial charge in [0.25, 0.3) is 5.91 Å². The third-order valence-electron chi connectivity index (χ3n) is 3.19. The van der Waals surface area contributed by atoms with Crippen LogP contribution in [0.3, 0.4) is 0 Å². The largest absolute Gasteiger partial charge is 0.296 e. The lowest BCUT2D eigenvalue weighted by molar-refractivity contribution is 0.103. The summed E-state index contributed by atoms with van der Waals surface area (Å²) in [5.41, 5.74) is 0.933. The van der Waals surface area contributed by atoms with E-state index in [1.165, 1.54) is 22.7 Å². The first-order valence-corrected chi connectivity index (χ1v) is 8.64. The Kier molecular flexibility index (Phi) is 3.96. The summed E-state index contributed by atoms with van der Waals surface area (Å²) in [6.45, 7) is 6.21. The SMILES string of the molecule is Cc1nn(C)c2sc(C(=O)Nc3nnc(CC(C)C)s3)cc12. The molecule has 0 spiro atoms. The highest BCUT2D eigenvalue weighted by atomic mass is 32.1. The number of nitrogens with zero attached hydrogens (tertiary/aromatic N) is 4. The minimum Gasteiger partial charge on any atom is -0.296 e. The van der Waals surface area contributed by atoms with Crippen molar-refractivity contribution in [3.05, 3.63) is 21.6 Å². The van der Waals surface area contributed by atoms with Crippen molar-refractivity contribution in [3.63, 3.8) is 0 Å². The van der Waals surface area contributed by atoms with Crippen LogP contribution in [0.15, 0.2) is 6.07 Å². The first-order chi connectivity index (χ1) is 10.4. The van der Waals surface area contributed by atoms with Crippen molar-refractivity contribution in [1.82, 2.24) is 20.0 Å². The van der Waals surface area contributed by atoms with Crippen LogP contribution in [0.2, 0.25) is 0 Å². The van der Waals surface area contributed by atoms with E-state index in [9.17, 15) is 4.79 Å². The van der Waals surface area contributed by atoms with Gasteiger partial charge in [0, 0.05) is 18.9 Å².